The van der Waals surface area contributed by atoms with Crippen LogP contribution < -0.4 is 15.0 Å². The van der Waals surface area contributed by atoms with E-state index in [4.69, 9.17) is 14.2 Å². The number of benzene rings is 3. The van der Waals surface area contributed by atoms with Gasteiger partial charge < -0.3 is 14.6 Å². The lowest BCUT2D eigenvalue weighted by Gasteiger charge is -2.35. The Morgan fingerprint density at radius 1 is 1.00 bits per heavy atom. The number of methoxy groups -OCH3 is 1. The quantitative estimate of drug-likeness (QED) is 0.384. The topological polar surface area (TPSA) is 80.5 Å². The van der Waals surface area contributed by atoms with Gasteiger partial charge in [0.2, 0.25) is 5.82 Å². The maximum absolute atomic E-state index is 13.5. The fraction of sp³-hybridized carbons (Fsp3) is 0.207. The number of rotatable bonds is 5. The number of hydrogen-bond acceptors (Lipinski definition) is 5. The molecule has 0 bridgehead atoms. The molecule has 36 heavy (non-hydrogen) atoms. The van der Waals surface area contributed by atoms with Crippen LogP contribution in [0.25, 0.3) is 17.0 Å². The number of anilines is 1. The van der Waals surface area contributed by atoms with E-state index in [9.17, 15) is 4.79 Å². The highest BCUT2D eigenvalue weighted by molar-refractivity contribution is 6.01. The number of aromatic nitrogens is 2. The van der Waals surface area contributed by atoms with Gasteiger partial charge in [0.05, 0.1) is 24.4 Å². The number of allylic oxidation sites excluding steroid dienone is 1. The van der Waals surface area contributed by atoms with E-state index in [1.54, 1.807) is 12.0 Å². The molecule has 1 N–H and O–H groups in total. The first kappa shape index (κ1) is 22.1. The minimum Gasteiger partial charge on any atom is -0.497 e. The Bertz CT molecular complexity index is 1470. The number of amides is 2. The number of urea groups is 1. The summed E-state index contributed by atoms with van der Waals surface area (Å²) in [6.45, 7) is 1.93. The number of aryl methyl sites for hydroxylation is 2. The Labute approximate surface area is 209 Å². The summed E-state index contributed by atoms with van der Waals surface area (Å²) in [6.07, 6.45) is 3.27. The Balaban J connectivity index is 1.49. The molecular weight excluding hydrogens is 452 g/mol. The minimum atomic E-state index is -0.484. The zero-order valence-corrected chi connectivity index (χ0v) is 20.2. The molecule has 180 valence electrons. The summed E-state index contributed by atoms with van der Waals surface area (Å²) in [5, 5.41) is 7.42. The van der Waals surface area contributed by atoms with Crippen molar-refractivity contribution in [1.82, 2.24) is 15.5 Å². The molecule has 6 rings (SSSR count). The van der Waals surface area contributed by atoms with Crippen LogP contribution in [0.1, 0.15) is 42.0 Å². The molecule has 1 aromatic heterocycles. The first-order valence-electron chi connectivity index (χ1n) is 12.1. The zero-order valence-electron chi connectivity index (χ0n) is 20.2. The summed E-state index contributed by atoms with van der Waals surface area (Å²) in [5.74, 6) is 1.57. The summed E-state index contributed by atoms with van der Waals surface area (Å²) >= 11 is 0. The van der Waals surface area contributed by atoms with Crippen LogP contribution in [0.4, 0.5) is 10.5 Å². The lowest BCUT2D eigenvalue weighted by molar-refractivity contribution is 0.244. The molecular formula is C29H26N4O3. The van der Waals surface area contributed by atoms with Crippen LogP contribution >= 0.6 is 0 Å². The van der Waals surface area contributed by atoms with E-state index in [1.807, 2.05) is 67.6 Å². The molecule has 0 saturated heterocycles. The molecule has 2 heterocycles. The second-order valence-electron chi connectivity index (χ2n) is 9.09. The number of fused-ring (bicyclic) bond motifs is 1. The van der Waals surface area contributed by atoms with E-state index in [0.717, 1.165) is 47.3 Å². The van der Waals surface area contributed by atoms with Crippen molar-refractivity contribution < 1.29 is 14.1 Å². The molecule has 0 saturated carbocycles. The van der Waals surface area contributed by atoms with Gasteiger partial charge in [-0.15, -0.1) is 0 Å². The SMILES string of the molecule is COc1cccc(C2NC(=O)N(c3ccc4c(c3)CCC4)C(C)=C2c2nc(-c3ccccc3)no2)c1. The number of nitrogens with zero attached hydrogens (tertiary/aromatic N) is 3. The van der Waals surface area contributed by atoms with Gasteiger partial charge in [0.1, 0.15) is 5.75 Å². The molecule has 3 aromatic carbocycles. The van der Waals surface area contributed by atoms with Crippen LogP contribution in [0.3, 0.4) is 0 Å². The Morgan fingerprint density at radius 2 is 1.83 bits per heavy atom. The summed E-state index contributed by atoms with van der Waals surface area (Å²) in [7, 11) is 1.63. The fourth-order valence-electron chi connectivity index (χ4n) is 5.14. The van der Waals surface area contributed by atoms with Crippen LogP contribution in [0, 0.1) is 0 Å². The highest BCUT2D eigenvalue weighted by Gasteiger charge is 2.37. The van der Waals surface area contributed by atoms with Gasteiger partial charge in [-0.2, -0.15) is 4.98 Å². The van der Waals surface area contributed by atoms with Crippen LogP contribution in [0.2, 0.25) is 0 Å². The Hall–Kier alpha value is -4.39. The van der Waals surface area contributed by atoms with Crippen molar-refractivity contribution in [2.24, 2.45) is 0 Å². The standard InChI is InChI=1S/C29H26N4O3/c1-18-25(28-31-27(32-36-28)20-8-4-3-5-9-20)26(22-12-7-13-24(17-22)35-2)30-29(34)33(18)23-15-14-19-10-6-11-21(19)16-23/h3-5,7-9,12-17,26H,6,10-11H2,1-2H3,(H,30,34). The van der Waals surface area contributed by atoms with E-state index in [1.165, 1.54) is 11.1 Å². The molecule has 0 fully saturated rings. The van der Waals surface area contributed by atoms with Gasteiger partial charge in [0, 0.05) is 11.3 Å². The van der Waals surface area contributed by atoms with Crippen LogP contribution in [0.5, 0.6) is 5.75 Å². The minimum absolute atomic E-state index is 0.204. The van der Waals surface area contributed by atoms with Gasteiger partial charge in [-0.1, -0.05) is 53.7 Å². The molecule has 1 unspecified atom stereocenters. The number of hydrogen-bond donors (Lipinski definition) is 1. The largest absolute Gasteiger partial charge is 0.497 e. The number of ether oxygens (including phenoxy) is 1. The molecule has 1 aliphatic carbocycles. The normalized spacial score (nSPS) is 17.2. The second kappa shape index (κ2) is 9.00. The summed E-state index contributed by atoms with van der Waals surface area (Å²) in [5.41, 5.74) is 6.70. The van der Waals surface area contributed by atoms with Gasteiger partial charge in [-0.3, -0.25) is 4.90 Å². The molecule has 0 spiro atoms. The monoisotopic (exact) mass is 478 g/mol. The highest BCUT2D eigenvalue weighted by atomic mass is 16.5. The maximum Gasteiger partial charge on any atom is 0.326 e. The third-order valence-corrected chi connectivity index (χ3v) is 6.94. The summed E-state index contributed by atoms with van der Waals surface area (Å²) in [6, 6.07) is 22.9. The van der Waals surface area contributed by atoms with Gasteiger partial charge in [-0.25, -0.2) is 4.79 Å². The average Bonchev–Trinajstić information content (AvgIpc) is 3.59. The summed E-state index contributed by atoms with van der Waals surface area (Å²) < 4.78 is 11.2. The highest BCUT2D eigenvalue weighted by Crippen LogP contribution is 2.40. The molecule has 0 radical (unpaired) electrons. The van der Waals surface area contributed by atoms with Crippen LogP contribution in [0.15, 0.2) is 83.0 Å². The van der Waals surface area contributed by atoms with Crippen molar-refractivity contribution in [3.8, 4) is 17.1 Å². The van der Waals surface area contributed by atoms with Crippen molar-refractivity contribution in [3.05, 3.63) is 101 Å². The smallest absolute Gasteiger partial charge is 0.326 e. The Morgan fingerprint density at radius 3 is 2.67 bits per heavy atom. The predicted molar refractivity (Wildman–Crippen MR) is 138 cm³/mol. The third kappa shape index (κ3) is 3.82. The van der Waals surface area contributed by atoms with Crippen LogP contribution in [-0.2, 0) is 12.8 Å². The van der Waals surface area contributed by atoms with Gasteiger partial charge in [0.15, 0.2) is 0 Å². The van der Waals surface area contributed by atoms with E-state index < -0.39 is 6.04 Å². The van der Waals surface area contributed by atoms with E-state index in [0.29, 0.717) is 17.5 Å². The number of carbonyl (C=O) groups is 1. The average molecular weight is 479 g/mol. The Kier molecular flexibility index (Phi) is 5.52. The number of carbonyl (C=O) groups excluding carboxylic acids is 1. The van der Waals surface area contributed by atoms with Gasteiger partial charge >= 0.3 is 6.03 Å². The molecule has 4 aromatic rings. The van der Waals surface area contributed by atoms with E-state index in [2.05, 4.69) is 22.6 Å². The van der Waals surface area contributed by atoms with Crippen LogP contribution in [-0.4, -0.2) is 23.3 Å². The van der Waals surface area contributed by atoms with Gasteiger partial charge in [-0.05, 0) is 67.1 Å². The van der Waals surface area contributed by atoms with Crippen molar-refractivity contribution in [2.45, 2.75) is 32.2 Å². The van der Waals surface area contributed by atoms with E-state index >= 15 is 0 Å². The molecule has 7 nitrogen and oxygen atoms in total. The van der Waals surface area contributed by atoms with E-state index in [-0.39, 0.29) is 6.03 Å². The fourth-order valence-corrected chi connectivity index (χ4v) is 5.14. The molecule has 2 aliphatic rings. The first-order chi connectivity index (χ1) is 17.6. The van der Waals surface area contributed by atoms with Crippen molar-refractivity contribution in [3.63, 3.8) is 0 Å². The van der Waals surface area contributed by atoms with Crippen molar-refractivity contribution in [2.75, 3.05) is 12.0 Å². The number of nitrogens with one attached hydrogen (secondary N) is 1. The molecule has 7 heteroatoms. The molecule has 1 atom stereocenters. The van der Waals surface area contributed by atoms with Crippen molar-refractivity contribution >= 4 is 17.3 Å². The predicted octanol–water partition coefficient (Wildman–Crippen LogP) is 5.94. The molecule has 2 amide bonds. The lowest BCUT2D eigenvalue weighted by Crippen LogP contribution is -2.46. The lowest BCUT2D eigenvalue weighted by atomic mass is 9.94. The van der Waals surface area contributed by atoms with Gasteiger partial charge in [0.25, 0.3) is 5.89 Å². The molecule has 1 aliphatic heterocycles. The van der Waals surface area contributed by atoms with Crippen molar-refractivity contribution in [1.29, 1.82) is 0 Å². The zero-order chi connectivity index (χ0) is 24.6. The third-order valence-electron chi connectivity index (χ3n) is 6.94. The summed E-state index contributed by atoms with van der Waals surface area (Å²) in [4.78, 5) is 20.0. The maximum atomic E-state index is 13.5. The first-order valence-corrected chi connectivity index (χ1v) is 12.1. The second-order valence-corrected chi connectivity index (χ2v) is 9.09.